The van der Waals surface area contributed by atoms with Crippen molar-refractivity contribution in [3.8, 4) is 0 Å². The topological polar surface area (TPSA) is 30.2 Å². The lowest BCUT2D eigenvalue weighted by Gasteiger charge is -2.29. The summed E-state index contributed by atoms with van der Waals surface area (Å²) in [5.41, 5.74) is 0.731. The SMILES string of the molecule is O=C(Cc1ccoc1)C1CCCC(C(F)(F)F)C1. The molecule has 1 aliphatic carbocycles. The third kappa shape index (κ3) is 3.15. The molecule has 0 radical (unpaired) electrons. The minimum absolute atomic E-state index is 0.0554. The highest BCUT2D eigenvalue weighted by Crippen LogP contribution is 2.40. The molecule has 0 amide bonds. The van der Waals surface area contributed by atoms with Crippen LogP contribution in [0, 0.1) is 11.8 Å². The van der Waals surface area contributed by atoms with Crippen LogP contribution in [0.4, 0.5) is 13.2 Å². The first-order chi connectivity index (χ1) is 8.47. The van der Waals surface area contributed by atoms with E-state index in [9.17, 15) is 18.0 Å². The van der Waals surface area contributed by atoms with Crippen molar-refractivity contribution in [1.82, 2.24) is 0 Å². The highest BCUT2D eigenvalue weighted by molar-refractivity contribution is 5.83. The number of carbonyl (C=O) groups is 1. The molecule has 1 fully saturated rings. The Kier molecular flexibility index (Phi) is 3.78. The van der Waals surface area contributed by atoms with Gasteiger partial charge in [-0.2, -0.15) is 13.2 Å². The van der Waals surface area contributed by atoms with Gasteiger partial charge in [0.1, 0.15) is 5.78 Å². The van der Waals surface area contributed by atoms with E-state index in [4.69, 9.17) is 4.42 Å². The van der Waals surface area contributed by atoms with Crippen molar-refractivity contribution in [2.75, 3.05) is 0 Å². The molecular formula is C13H15F3O2. The summed E-state index contributed by atoms with van der Waals surface area (Å²) in [7, 11) is 0. The van der Waals surface area contributed by atoms with Gasteiger partial charge in [-0.05, 0) is 30.9 Å². The highest BCUT2D eigenvalue weighted by Gasteiger charge is 2.43. The Hall–Kier alpha value is -1.26. The lowest BCUT2D eigenvalue weighted by Crippen LogP contribution is -2.32. The minimum Gasteiger partial charge on any atom is -0.472 e. The molecular weight excluding hydrogens is 245 g/mol. The van der Waals surface area contributed by atoms with E-state index in [0.717, 1.165) is 5.56 Å². The number of hydrogen-bond acceptors (Lipinski definition) is 2. The van der Waals surface area contributed by atoms with Gasteiger partial charge in [-0.3, -0.25) is 4.79 Å². The fourth-order valence-corrected chi connectivity index (χ4v) is 2.52. The summed E-state index contributed by atoms with van der Waals surface area (Å²) in [5.74, 6) is -1.88. The van der Waals surface area contributed by atoms with Gasteiger partial charge < -0.3 is 4.42 Å². The second-order valence-corrected chi connectivity index (χ2v) is 4.88. The molecule has 0 bridgehead atoms. The lowest BCUT2D eigenvalue weighted by atomic mass is 9.78. The molecule has 2 nitrogen and oxygen atoms in total. The maximum atomic E-state index is 12.6. The van der Waals surface area contributed by atoms with Gasteiger partial charge in [0.2, 0.25) is 0 Å². The van der Waals surface area contributed by atoms with Crippen molar-refractivity contribution in [2.24, 2.45) is 11.8 Å². The normalized spacial score (nSPS) is 25.1. The molecule has 100 valence electrons. The van der Waals surface area contributed by atoms with E-state index in [0.29, 0.717) is 12.8 Å². The molecule has 2 rings (SSSR count). The van der Waals surface area contributed by atoms with Crippen molar-refractivity contribution in [3.05, 3.63) is 24.2 Å². The first-order valence-electron chi connectivity index (χ1n) is 6.07. The molecule has 0 N–H and O–H groups in total. The summed E-state index contributed by atoms with van der Waals surface area (Å²) >= 11 is 0. The Labute approximate surface area is 103 Å². The Balaban J connectivity index is 1.94. The number of rotatable bonds is 3. The van der Waals surface area contributed by atoms with Crippen molar-refractivity contribution >= 4 is 5.78 Å². The number of Topliss-reactive ketones (excluding diaryl/α,β-unsaturated/α-hetero) is 1. The fourth-order valence-electron chi connectivity index (χ4n) is 2.52. The number of halogens is 3. The van der Waals surface area contributed by atoms with Crippen LogP contribution in [0.1, 0.15) is 31.2 Å². The quantitative estimate of drug-likeness (QED) is 0.828. The van der Waals surface area contributed by atoms with Gasteiger partial charge in [0, 0.05) is 12.3 Å². The second kappa shape index (κ2) is 5.16. The van der Waals surface area contributed by atoms with Crippen LogP contribution in [-0.4, -0.2) is 12.0 Å². The molecule has 1 aromatic rings. The Bertz CT molecular complexity index is 395. The lowest BCUT2D eigenvalue weighted by molar-refractivity contribution is -0.186. The van der Waals surface area contributed by atoms with Crippen LogP contribution in [0.5, 0.6) is 0 Å². The van der Waals surface area contributed by atoms with Crippen molar-refractivity contribution in [3.63, 3.8) is 0 Å². The highest BCUT2D eigenvalue weighted by atomic mass is 19.4. The Morgan fingerprint density at radius 3 is 2.78 bits per heavy atom. The van der Waals surface area contributed by atoms with Gasteiger partial charge in [-0.25, -0.2) is 0 Å². The van der Waals surface area contributed by atoms with E-state index >= 15 is 0 Å². The maximum Gasteiger partial charge on any atom is 0.391 e. The van der Waals surface area contributed by atoms with E-state index in [1.165, 1.54) is 12.5 Å². The summed E-state index contributed by atoms with van der Waals surface area (Å²) in [6.07, 6.45) is 0.0682. The summed E-state index contributed by atoms with van der Waals surface area (Å²) in [6.45, 7) is 0. The molecule has 0 spiro atoms. The zero-order chi connectivity index (χ0) is 13.2. The van der Waals surface area contributed by atoms with Crippen LogP contribution >= 0.6 is 0 Å². The van der Waals surface area contributed by atoms with E-state index in [2.05, 4.69) is 0 Å². The third-order valence-corrected chi connectivity index (χ3v) is 3.55. The number of furan rings is 1. The number of hydrogen-bond donors (Lipinski definition) is 0. The molecule has 18 heavy (non-hydrogen) atoms. The molecule has 0 aromatic carbocycles. The van der Waals surface area contributed by atoms with E-state index in [1.807, 2.05) is 0 Å². The molecule has 1 aromatic heterocycles. The maximum absolute atomic E-state index is 12.6. The average molecular weight is 260 g/mol. The van der Waals surface area contributed by atoms with Crippen molar-refractivity contribution in [2.45, 2.75) is 38.3 Å². The van der Waals surface area contributed by atoms with Gasteiger partial charge in [-0.15, -0.1) is 0 Å². The summed E-state index contributed by atoms with van der Waals surface area (Å²) < 4.78 is 42.7. The second-order valence-electron chi connectivity index (χ2n) is 4.88. The van der Waals surface area contributed by atoms with Crippen LogP contribution < -0.4 is 0 Å². The Morgan fingerprint density at radius 2 is 2.17 bits per heavy atom. The molecule has 0 saturated heterocycles. The minimum atomic E-state index is -4.17. The number of carbonyl (C=O) groups excluding carboxylic acids is 1. The third-order valence-electron chi connectivity index (χ3n) is 3.55. The first-order valence-corrected chi connectivity index (χ1v) is 6.07. The van der Waals surface area contributed by atoms with Crippen LogP contribution in [-0.2, 0) is 11.2 Å². The van der Waals surface area contributed by atoms with Crippen LogP contribution in [0.2, 0.25) is 0 Å². The molecule has 1 saturated carbocycles. The van der Waals surface area contributed by atoms with Gasteiger partial charge in [-0.1, -0.05) is 6.42 Å². The Morgan fingerprint density at radius 1 is 1.39 bits per heavy atom. The van der Waals surface area contributed by atoms with Gasteiger partial charge >= 0.3 is 6.18 Å². The van der Waals surface area contributed by atoms with E-state index in [1.54, 1.807) is 6.07 Å². The van der Waals surface area contributed by atoms with Crippen molar-refractivity contribution < 1.29 is 22.4 Å². The summed E-state index contributed by atoms with van der Waals surface area (Å²) in [6, 6.07) is 1.67. The fraction of sp³-hybridized carbons (Fsp3) is 0.615. The van der Waals surface area contributed by atoms with Crippen LogP contribution in [0.3, 0.4) is 0 Å². The van der Waals surface area contributed by atoms with E-state index in [-0.39, 0.29) is 25.0 Å². The zero-order valence-electron chi connectivity index (χ0n) is 9.87. The first kappa shape index (κ1) is 13.2. The number of alkyl halides is 3. The predicted molar refractivity (Wildman–Crippen MR) is 58.9 cm³/mol. The zero-order valence-corrected chi connectivity index (χ0v) is 9.87. The molecule has 2 unspecified atom stereocenters. The van der Waals surface area contributed by atoms with E-state index < -0.39 is 18.0 Å². The monoisotopic (exact) mass is 260 g/mol. The molecule has 1 aliphatic rings. The standard InChI is InChI=1S/C13H15F3O2/c14-13(15,16)11-3-1-2-10(7-11)12(17)6-9-4-5-18-8-9/h4-5,8,10-11H,1-3,6-7H2. The van der Waals surface area contributed by atoms with Crippen LogP contribution in [0.15, 0.2) is 23.0 Å². The van der Waals surface area contributed by atoms with Gasteiger partial charge in [0.25, 0.3) is 0 Å². The number of ketones is 1. The summed E-state index contributed by atoms with van der Waals surface area (Å²) in [4.78, 5) is 11.9. The molecule has 0 aliphatic heterocycles. The molecule has 2 atom stereocenters. The molecule has 5 heteroatoms. The average Bonchev–Trinajstić information content (AvgIpc) is 2.81. The van der Waals surface area contributed by atoms with Crippen LogP contribution in [0.25, 0.3) is 0 Å². The molecule has 1 heterocycles. The largest absolute Gasteiger partial charge is 0.472 e. The van der Waals surface area contributed by atoms with Gasteiger partial charge in [0.15, 0.2) is 0 Å². The smallest absolute Gasteiger partial charge is 0.391 e. The van der Waals surface area contributed by atoms with Crippen molar-refractivity contribution in [1.29, 1.82) is 0 Å². The van der Waals surface area contributed by atoms with Gasteiger partial charge in [0.05, 0.1) is 18.4 Å². The predicted octanol–water partition coefficient (Wildman–Crippen LogP) is 3.76. The summed E-state index contributed by atoms with van der Waals surface area (Å²) in [5, 5.41) is 0.